The van der Waals surface area contributed by atoms with E-state index in [1.165, 1.54) is 15.0 Å². The number of hydrogen-bond acceptors (Lipinski definition) is 3. The highest BCUT2D eigenvalue weighted by Gasteiger charge is 2.21. The molecule has 19 heavy (non-hydrogen) atoms. The predicted molar refractivity (Wildman–Crippen MR) is 84.8 cm³/mol. The molecule has 3 nitrogen and oxygen atoms in total. The summed E-state index contributed by atoms with van der Waals surface area (Å²) in [5.41, 5.74) is 2.32. The number of aromatic nitrogens is 2. The Hall–Kier alpha value is -0.650. The molecule has 5 heteroatoms. The Balaban J connectivity index is 2.39. The fraction of sp³-hybridized carbons (Fsp3) is 0.500. The second kappa shape index (κ2) is 6.68. The minimum Gasteiger partial charge on any atom is -0.304 e. The number of rotatable bonds is 6. The molecule has 0 fully saturated rings. The Kier molecular flexibility index (Phi) is 5.19. The van der Waals surface area contributed by atoms with Crippen LogP contribution in [0.5, 0.6) is 0 Å². The molecule has 0 radical (unpaired) electrons. The van der Waals surface area contributed by atoms with Gasteiger partial charge in [0, 0.05) is 15.9 Å². The van der Waals surface area contributed by atoms with E-state index in [1.807, 2.05) is 0 Å². The smallest absolute Gasteiger partial charge is 0.0853 e. The molecule has 1 unspecified atom stereocenters. The van der Waals surface area contributed by atoms with Gasteiger partial charge in [0.25, 0.3) is 0 Å². The molecule has 0 bridgehead atoms. The van der Waals surface area contributed by atoms with Gasteiger partial charge in [-0.1, -0.05) is 6.92 Å². The second-order valence-corrected chi connectivity index (χ2v) is 6.35. The summed E-state index contributed by atoms with van der Waals surface area (Å²) in [5.74, 6) is 0. The first-order chi connectivity index (χ1) is 9.17. The van der Waals surface area contributed by atoms with Crippen molar-refractivity contribution in [1.29, 1.82) is 0 Å². The van der Waals surface area contributed by atoms with Gasteiger partial charge in [0.2, 0.25) is 0 Å². The van der Waals surface area contributed by atoms with Gasteiger partial charge >= 0.3 is 0 Å². The third-order valence-electron chi connectivity index (χ3n) is 3.03. The minimum absolute atomic E-state index is 0.218. The zero-order valence-corrected chi connectivity index (χ0v) is 14.0. The Morgan fingerprint density at radius 3 is 2.84 bits per heavy atom. The van der Waals surface area contributed by atoms with Crippen molar-refractivity contribution in [2.24, 2.45) is 0 Å². The van der Waals surface area contributed by atoms with Gasteiger partial charge < -0.3 is 5.32 Å². The lowest BCUT2D eigenvalue weighted by Crippen LogP contribution is -2.25. The van der Waals surface area contributed by atoms with Crippen LogP contribution in [-0.4, -0.2) is 16.3 Å². The van der Waals surface area contributed by atoms with Gasteiger partial charge in [-0.25, -0.2) is 0 Å². The molecule has 2 heterocycles. The average molecular weight is 342 g/mol. The van der Waals surface area contributed by atoms with Crippen molar-refractivity contribution in [3.63, 3.8) is 0 Å². The van der Waals surface area contributed by atoms with Crippen LogP contribution < -0.4 is 5.32 Å². The summed E-state index contributed by atoms with van der Waals surface area (Å²) in [6, 6.07) is 4.51. The zero-order valence-electron chi connectivity index (χ0n) is 11.6. The Bertz CT molecular complexity index is 533. The standard InChI is InChI=1S/C14H20BrN3S/c1-4-7-16-13(14-11(15)6-8-19-14)12-9-10(3)17-18(12)5-2/h6,8-9,13,16H,4-5,7H2,1-3H3. The van der Waals surface area contributed by atoms with E-state index < -0.39 is 0 Å². The summed E-state index contributed by atoms with van der Waals surface area (Å²) in [6.07, 6.45) is 1.12. The summed E-state index contributed by atoms with van der Waals surface area (Å²) in [7, 11) is 0. The van der Waals surface area contributed by atoms with Gasteiger partial charge in [0.05, 0.1) is 17.4 Å². The molecule has 0 aliphatic carbocycles. The molecule has 2 aromatic heterocycles. The minimum atomic E-state index is 0.218. The largest absolute Gasteiger partial charge is 0.304 e. The molecule has 0 saturated heterocycles. The van der Waals surface area contributed by atoms with E-state index in [9.17, 15) is 0 Å². The van der Waals surface area contributed by atoms with Crippen molar-refractivity contribution >= 4 is 27.3 Å². The number of aryl methyl sites for hydroxylation is 2. The third-order valence-corrected chi connectivity index (χ3v) is 4.97. The first-order valence-corrected chi connectivity index (χ1v) is 8.35. The van der Waals surface area contributed by atoms with Crippen LogP contribution in [-0.2, 0) is 6.54 Å². The van der Waals surface area contributed by atoms with E-state index in [-0.39, 0.29) is 6.04 Å². The van der Waals surface area contributed by atoms with Crippen LogP contribution in [0.25, 0.3) is 0 Å². The predicted octanol–water partition coefficient (Wildman–Crippen LogP) is 4.12. The van der Waals surface area contributed by atoms with E-state index in [4.69, 9.17) is 0 Å². The zero-order chi connectivity index (χ0) is 13.8. The molecule has 0 aromatic carbocycles. The van der Waals surface area contributed by atoms with Gasteiger partial charge in [0.1, 0.15) is 0 Å². The first kappa shape index (κ1) is 14.8. The molecule has 0 amide bonds. The summed E-state index contributed by atoms with van der Waals surface area (Å²) in [6.45, 7) is 8.28. The van der Waals surface area contributed by atoms with Crippen LogP contribution in [0.2, 0.25) is 0 Å². The molecular formula is C14H20BrN3S. The maximum Gasteiger partial charge on any atom is 0.0853 e. The van der Waals surface area contributed by atoms with Crippen LogP contribution in [0.15, 0.2) is 22.0 Å². The fourth-order valence-electron chi connectivity index (χ4n) is 2.18. The highest BCUT2D eigenvalue weighted by Crippen LogP contribution is 2.33. The van der Waals surface area contributed by atoms with Crippen LogP contribution in [0.1, 0.15) is 42.6 Å². The lowest BCUT2D eigenvalue weighted by molar-refractivity contribution is 0.532. The highest BCUT2D eigenvalue weighted by atomic mass is 79.9. The van der Waals surface area contributed by atoms with Gasteiger partial charge in [-0.15, -0.1) is 11.3 Å². The van der Waals surface area contributed by atoms with Gasteiger partial charge in [-0.2, -0.15) is 5.10 Å². The first-order valence-electron chi connectivity index (χ1n) is 6.68. The molecule has 2 aromatic rings. The fourth-order valence-corrected chi connectivity index (χ4v) is 3.87. The van der Waals surface area contributed by atoms with E-state index in [2.05, 4.69) is 69.3 Å². The Labute approximate surface area is 127 Å². The molecule has 0 saturated carbocycles. The second-order valence-electron chi connectivity index (χ2n) is 4.55. The van der Waals surface area contributed by atoms with E-state index >= 15 is 0 Å². The topological polar surface area (TPSA) is 29.9 Å². The normalized spacial score (nSPS) is 12.8. The molecule has 0 spiro atoms. The molecule has 1 atom stereocenters. The number of nitrogens with zero attached hydrogens (tertiary/aromatic N) is 2. The summed E-state index contributed by atoms with van der Waals surface area (Å²) >= 11 is 5.43. The van der Waals surface area contributed by atoms with Gasteiger partial charge in [-0.05, 0) is 60.3 Å². The summed E-state index contributed by atoms with van der Waals surface area (Å²) < 4.78 is 3.27. The number of nitrogens with one attached hydrogen (secondary N) is 1. The van der Waals surface area contributed by atoms with E-state index in [0.717, 1.165) is 25.2 Å². The third kappa shape index (κ3) is 3.27. The Morgan fingerprint density at radius 1 is 1.47 bits per heavy atom. The SMILES string of the molecule is CCCNC(c1sccc1Br)c1cc(C)nn1CC. The van der Waals surface area contributed by atoms with Gasteiger partial charge in [0.15, 0.2) is 0 Å². The lowest BCUT2D eigenvalue weighted by atomic mass is 10.1. The van der Waals surface area contributed by atoms with E-state index in [0.29, 0.717) is 0 Å². The number of thiophene rings is 1. The van der Waals surface area contributed by atoms with Crippen molar-refractivity contribution in [2.45, 2.75) is 39.8 Å². The van der Waals surface area contributed by atoms with Crippen LogP contribution in [0.3, 0.4) is 0 Å². The molecule has 0 aliphatic rings. The molecular weight excluding hydrogens is 322 g/mol. The lowest BCUT2D eigenvalue weighted by Gasteiger charge is -2.19. The molecule has 2 rings (SSSR count). The quantitative estimate of drug-likeness (QED) is 0.856. The highest BCUT2D eigenvalue weighted by molar-refractivity contribution is 9.10. The van der Waals surface area contributed by atoms with Crippen LogP contribution in [0, 0.1) is 6.92 Å². The number of halogens is 1. The Morgan fingerprint density at radius 2 is 2.26 bits per heavy atom. The van der Waals surface area contributed by atoms with Crippen molar-refractivity contribution < 1.29 is 0 Å². The van der Waals surface area contributed by atoms with Gasteiger partial charge in [-0.3, -0.25) is 4.68 Å². The maximum atomic E-state index is 4.56. The van der Waals surface area contributed by atoms with Crippen molar-refractivity contribution in [1.82, 2.24) is 15.1 Å². The van der Waals surface area contributed by atoms with Crippen molar-refractivity contribution in [3.8, 4) is 0 Å². The average Bonchev–Trinajstić information content (AvgIpc) is 2.97. The molecule has 104 valence electrons. The molecule has 1 N–H and O–H groups in total. The number of hydrogen-bond donors (Lipinski definition) is 1. The van der Waals surface area contributed by atoms with Crippen molar-refractivity contribution in [3.05, 3.63) is 38.3 Å². The van der Waals surface area contributed by atoms with Crippen molar-refractivity contribution in [2.75, 3.05) is 6.54 Å². The summed E-state index contributed by atoms with van der Waals surface area (Å²) in [4.78, 5) is 1.32. The van der Waals surface area contributed by atoms with Crippen LogP contribution in [0.4, 0.5) is 0 Å². The summed E-state index contributed by atoms with van der Waals surface area (Å²) in [5, 5.41) is 10.3. The molecule has 0 aliphatic heterocycles. The monoisotopic (exact) mass is 341 g/mol. The maximum absolute atomic E-state index is 4.56. The van der Waals surface area contributed by atoms with Crippen LogP contribution >= 0.6 is 27.3 Å². The van der Waals surface area contributed by atoms with E-state index in [1.54, 1.807) is 11.3 Å².